The van der Waals surface area contributed by atoms with E-state index in [2.05, 4.69) is 10.2 Å². The summed E-state index contributed by atoms with van der Waals surface area (Å²) in [5.41, 5.74) is 1.77. The second-order valence-electron chi connectivity index (χ2n) is 7.41. The summed E-state index contributed by atoms with van der Waals surface area (Å²) in [6.45, 7) is 6.89. The number of hydrogen-bond acceptors (Lipinski definition) is 3. The SMILES string of the molecule is CC(=O)Nc1ccc(CC(=O)N2CC[C@H](CN3CCCCC3)C2)cc1. The van der Waals surface area contributed by atoms with Crippen LogP contribution in [-0.4, -0.2) is 54.3 Å². The van der Waals surface area contributed by atoms with Crippen molar-refractivity contribution in [1.82, 2.24) is 9.80 Å². The summed E-state index contributed by atoms with van der Waals surface area (Å²) < 4.78 is 0. The van der Waals surface area contributed by atoms with Crippen molar-refractivity contribution in [3.63, 3.8) is 0 Å². The van der Waals surface area contributed by atoms with E-state index in [1.807, 2.05) is 29.2 Å². The summed E-state index contributed by atoms with van der Waals surface area (Å²) in [5, 5.41) is 2.75. The van der Waals surface area contributed by atoms with Crippen LogP contribution in [0.2, 0.25) is 0 Å². The molecule has 0 aliphatic carbocycles. The lowest BCUT2D eigenvalue weighted by Crippen LogP contribution is -2.36. The van der Waals surface area contributed by atoms with E-state index < -0.39 is 0 Å². The average molecular weight is 343 g/mol. The fourth-order valence-corrected chi connectivity index (χ4v) is 3.91. The van der Waals surface area contributed by atoms with Crippen LogP contribution in [-0.2, 0) is 16.0 Å². The quantitative estimate of drug-likeness (QED) is 0.894. The number of benzene rings is 1. The van der Waals surface area contributed by atoms with Crippen LogP contribution in [0.5, 0.6) is 0 Å². The van der Waals surface area contributed by atoms with Gasteiger partial charge in [0.05, 0.1) is 6.42 Å². The first-order chi connectivity index (χ1) is 12.1. The Labute approximate surface area is 150 Å². The van der Waals surface area contributed by atoms with Crippen molar-refractivity contribution < 1.29 is 9.59 Å². The second-order valence-corrected chi connectivity index (χ2v) is 7.41. The topological polar surface area (TPSA) is 52.7 Å². The molecule has 2 fully saturated rings. The summed E-state index contributed by atoms with van der Waals surface area (Å²) in [6.07, 6.45) is 5.58. The number of nitrogens with one attached hydrogen (secondary N) is 1. The van der Waals surface area contributed by atoms with Crippen LogP contribution in [0.3, 0.4) is 0 Å². The van der Waals surface area contributed by atoms with Gasteiger partial charge in [0.2, 0.25) is 11.8 Å². The minimum atomic E-state index is -0.0827. The Bertz CT molecular complexity index is 593. The molecule has 1 aromatic carbocycles. The monoisotopic (exact) mass is 343 g/mol. The molecule has 0 saturated carbocycles. The Morgan fingerprint density at radius 1 is 1.08 bits per heavy atom. The van der Waals surface area contributed by atoms with Crippen molar-refractivity contribution in [2.45, 2.75) is 39.0 Å². The third kappa shape index (κ3) is 5.30. The molecular formula is C20H29N3O2. The van der Waals surface area contributed by atoms with Gasteiger partial charge in [0.1, 0.15) is 0 Å². The molecule has 0 bridgehead atoms. The van der Waals surface area contributed by atoms with Gasteiger partial charge >= 0.3 is 0 Å². The fraction of sp³-hybridized carbons (Fsp3) is 0.600. The van der Waals surface area contributed by atoms with Gasteiger partial charge in [-0.1, -0.05) is 18.6 Å². The highest BCUT2D eigenvalue weighted by Gasteiger charge is 2.27. The van der Waals surface area contributed by atoms with Crippen LogP contribution >= 0.6 is 0 Å². The van der Waals surface area contributed by atoms with Gasteiger partial charge in [-0.2, -0.15) is 0 Å². The Kier molecular flexibility index (Phi) is 6.08. The molecule has 2 amide bonds. The number of anilines is 1. The van der Waals surface area contributed by atoms with Gasteiger partial charge in [-0.3, -0.25) is 9.59 Å². The zero-order chi connectivity index (χ0) is 17.6. The van der Waals surface area contributed by atoms with Crippen LogP contribution in [0.4, 0.5) is 5.69 Å². The van der Waals surface area contributed by atoms with Crippen molar-refractivity contribution in [3.05, 3.63) is 29.8 Å². The van der Waals surface area contributed by atoms with Crippen molar-refractivity contribution in [3.8, 4) is 0 Å². The van der Waals surface area contributed by atoms with E-state index in [9.17, 15) is 9.59 Å². The Hall–Kier alpha value is -1.88. The Morgan fingerprint density at radius 3 is 2.48 bits per heavy atom. The summed E-state index contributed by atoms with van der Waals surface area (Å²) >= 11 is 0. The number of carbonyl (C=O) groups excluding carboxylic acids is 2. The van der Waals surface area contributed by atoms with Crippen LogP contribution in [0.25, 0.3) is 0 Å². The number of rotatable bonds is 5. The third-order valence-corrected chi connectivity index (χ3v) is 5.23. The van der Waals surface area contributed by atoms with E-state index in [1.165, 1.54) is 39.3 Å². The van der Waals surface area contributed by atoms with Crippen molar-refractivity contribution >= 4 is 17.5 Å². The smallest absolute Gasteiger partial charge is 0.226 e. The predicted octanol–water partition coefficient (Wildman–Crippen LogP) is 2.52. The second kappa shape index (κ2) is 8.48. The molecule has 0 aromatic heterocycles. The predicted molar refractivity (Wildman–Crippen MR) is 99.4 cm³/mol. The largest absolute Gasteiger partial charge is 0.342 e. The molecule has 5 nitrogen and oxygen atoms in total. The molecule has 136 valence electrons. The highest BCUT2D eigenvalue weighted by molar-refractivity contribution is 5.88. The van der Waals surface area contributed by atoms with E-state index in [4.69, 9.17) is 0 Å². The molecule has 5 heteroatoms. The number of amides is 2. The zero-order valence-corrected chi connectivity index (χ0v) is 15.2. The summed E-state index contributed by atoms with van der Waals surface area (Å²) in [5.74, 6) is 0.762. The minimum absolute atomic E-state index is 0.0827. The molecule has 0 unspecified atom stereocenters. The van der Waals surface area contributed by atoms with Crippen LogP contribution in [0, 0.1) is 5.92 Å². The van der Waals surface area contributed by atoms with E-state index >= 15 is 0 Å². The van der Waals surface area contributed by atoms with Gasteiger partial charge in [0.25, 0.3) is 0 Å². The molecular weight excluding hydrogens is 314 g/mol. The lowest BCUT2D eigenvalue weighted by atomic mass is 10.1. The fourth-order valence-electron chi connectivity index (χ4n) is 3.91. The van der Waals surface area contributed by atoms with Gasteiger partial charge in [0, 0.05) is 32.2 Å². The third-order valence-electron chi connectivity index (χ3n) is 5.23. The van der Waals surface area contributed by atoms with Gasteiger partial charge in [-0.15, -0.1) is 0 Å². The van der Waals surface area contributed by atoms with Crippen LogP contribution in [0.1, 0.15) is 38.2 Å². The zero-order valence-electron chi connectivity index (χ0n) is 15.2. The summed E-state index contributed by atoms with van der Waals surface area (Å²) in [7, 11) is 0. The lowest BCUT2D eigenvalue weighted by molar-refractivity contribution is -0.129. The highest BCUT2D eigenvalue weighted by atomic mass is 16.2. The average Bonchev–Trinajstić information content (AvgIpc) is 3.06. The summed E-state index contributed by atoms with van der Waals surface area (Å²) in [4.78, 5) is 28.2. The molecule has 2 saturated heterocycles. The first-order valence-electron chi connectivity index (χ1n) is 9.47. The van der Waals surface area contributed by atoms with Crippen LogP contribution in [0.15, 0.2) is 24.3 Å². The van der Waals surface area contributed by atoms with Crippen molar-refractivity contribution in [2.75, 3.05) is 38.0 Å². The standard InChI is InChI=1S/C20H29N3O2/c1-16(24)21-19-7-5-17(6-8-19)13-20(25)23-12-9-18(15-23)14-22-10-3-2-4-11-22/h5-8,18H,2-4,9-15H2,1H3,(H,21,24)/t18-/m1/s1. The van der Waals surface area contributed by atoms with Gasteiger partial charge in [-0.05, 0) is 56.0 Å². The van der Waals surface area contributed by atoms with Crippen molar-refractivity contribution in [2.24, 2.45) is 5.92 Å². The molecule has 3 rings (SSSR count). The summed E-state index contributed by atoms with van der Waals surface area (Å²) in [6, 6.07) is 7.55. The number of piperidine rings is 1. The minimum Gasteiger partial charge on any atom is -0.342 e. The normalized spacial score (nSPS) is 21.3. The highest BCUT2D eigenvalue weighted by Crippen LogP contribution is 2.21. The van der Waals surface area contributed by atoms with Gasteiger partial charge in [0.15, 0.2) is 0 Å². The maximum absolute atomic E-state index is 12.6. The number of hydrogen-bond donors (Lipinski definition) is 1. The van der Waals surface area contributed by atoms with Gasteiger partial charge < -0.3 is 15.1 Å². The molecule has 2 aliphatic rings. The van der Waals surface area contributed by atoms with E-state index in [-0.39, 0.29) is 11.8 Å². The number of carbonyl (C=O) groups is 2. The number of likely N-dealkylation sites (tertiary alicyclic amines) is 2. The van der Waals surface area contributed by atoms with Crippen molar-refractivity contribution in [1.29, 1.82) is 0 Å². The first kappa shape index (κ1) is 17.9. The molecule has 1 N–H and O–H groups in total. The van der Waals surface area contributed by atoms with Crippen LogP contribution < -0.4 is 5.32 Å². The Balaban J connectivity index is 1.46. The maximum atomic E-state index is 12.6. The molecule has 2 heterocycles. The molecule has 0 radical (unpaired) electrons. The van der Waals surface area contributed by atoms with E-state index in [0.29, 0.717) is 12.3 Å². The molecule has 0 spiro atoms. The Morgan fingerprint density at radius 2 is 1.80 bits per heavy atom. The van der Waals surface area contributed by atoms with Gasteiger partial charge in [-0.25, -0.2) is 0 Å². The lowest BCUT2D eigenvalue weighted by Gasteiger charge is -2.29. The molecule has 25 heavy (non-hydrogen) atoms. The first-order valence-corrected chi connectivity index (χ1v) is 9.47. The van der Waals surface area contributed by atoms with E-state index in [1.54, 1.807) is 0 Å². The molecule has 1 aromatic rings. The van der Waals surface area contributed by atoms with E-state index in [0.717, 1.165) is 37.3 Å². The number of nitrogens with zero attached hydrogens (tertiary/aromatic N) is 2. The molecule has 2 aliphatic heterocycles. The maximum Gasteiger partial charge on any atom is 0.226 e. The molecule has 1 atom stereocenters.